The number of nitrogens with one attached hydrogen (secondary N) is 1. The molecule has 0 bridgehead atoms. The van der Waals surface area contributed by atoms with Crippen LogP contribution >= 0.6 is 0 Å². The normalized spacial score (nSPS) is 15.5. The highest BCUT2D eigenvalue weighted by atomic mass is 16.5. The van der Waals surface area contributed by atoms with E-state index in [1.165, 1.54) is 0 Å². The molecule has 1 N–H and O–H groups in total. The number of aryl methyl sites for hydroxylation is 1. The monoisotopic (exact) mass is 339 g/mol. The van der Waals surface area contributed by atoms with Crippen molar-refractivity contribution in [2.24, 2.45) is 0 Å². The van der Waals surface area contributed by atoms with E-state index in [0.29, 0.717) is 18.8 Å². The van der Waals surface area contributed by atoms with Gasteiger partial charge in [-0.3, -0.25) is 9.59 Å². The average molecular weight is 339 g/mol. The van der Waals surface area contributed by atoms with Gasteiger partial charge in [-0.25, -0.2) is 0 Å². The topological polar surface area (TPSA) is 75.4 Å². The van der Waals surface area contributed by atoms with Crippen molar-refractivity contribution in [2.75, 3.05) is 13.1 Å². The summed E-state index contributed by atoms with van der Waals surface area (Å²) in [4.78, 5) is 26.1. The first-order valence-corrected chi connectivity index (χ1v) is 8.38. The lowest BCUT2D eigenvalue weighted by molar-refractivity contribution is -0.127. The van der Waals surface area contributed by atoms with E-state index in [2.05, 4.69) is 10.5 Å². The molecule has 0 atom stereocenters. The van der Waals surface area contributed by atoms with Gasteiger partial charge in [0, 0.05) is 31.3 Å². The van der Waals surface area contributed by atoms with E-state index >= 15 is 0 Å². The van der Waals surface area contributed by atoms with Gasteiger partial charge in [-0.15, -0.1) is 0 Å². The molecular weight excluding hydrogens is 318 g/mol. The van der Waals surface area contributed by atoms with E-state index in [-0.39, 0.29) is 23.6 Å². The Bertz CT molecular complexity index is 759. The molecule has 130 valence electrons. The summed E-state index contributed by atoms with van der Waals surface area (Å²) in [5.41, 5.74) is 1.68. The zero-order valence-corrected chi connectivity index (χ0v) is 14.1. The third-order valence-electron chi connectivity index (χ3n) is 4.21. The molecule has 1 fully saturated rings. The van der Waals surface area contributed by atoms with Gasteiger partial charge in [-0.2, -0.15) is 0 Å². The third kappa shape index (κ3) is 4.56. The molecule has 1 aliphatic rings. The standard InChI is InChI=1S/C19H21N3O3/c1-14-13-17(25-21-14)19(24)20-16-9-11-22(12-10-16)18(23)8-7-15-5-3-2-4-6-15/h2-8,13,16H,9-12H2,1H3,(H,20,24)/b8-7+. The molecule has 0 saturated carbocycles. The summed E-state index contributed by atoms with van der Waals surface area (Å²) in [7, 11) is 0. The van der Waals surface area contributed by atoms with Gasteiger partial charge in [0.1, 0.15) is 0 Å². The predicted molar refractivity (Wildman–Crippen MR) is 93.8 cm³/mol. The van der Waals surface area contributed by atoms with Crippen molar-refractivity contribution < 1.29 is 14.1 Å². The zero-order valence-electron chi connectivity index (χ0n) is 14.1. The maximum absolute atomic E-state index is 12.3. The van der Waals surface area contributed by atoms with Crippen molar-refractivity contribution in [3.63, 3.8) is 0 Å². The fourth-order valence-corrected chi connectivity index (χ4v) is 2.81. The van der Waals surface area contributed by atoms with Crippen molar-refractivity contribution in [1.82, 2.24) is 15.4 Å². The molecule has 0 unspecified atom stereocenters. The van der Waals surface area contributed by atoms with E-state index in [9.17, 15) is 9.59 Å². The molecule has 2 aromatic rings. The van der Waals surface area contributed by atoms with Crippen LogP contribution < -0.4 is 5.32 Å². The number of carbonyl (C=O) groups is 2. The molecule has 2 amide bonds. The Morgan fingerprint density at radius 1 is 1.24 bits per heavy atom. The van der Waals surface area contributed by atoms with Crippen LogP contribution in [0.4, 0.5) is 0 Å². The van der Waals surface area contributed by atoms with Gasteiger partial charge in [0.2, 0.25) is 11.7 Å². The summed E-state index contributed by atoms with van der Waals surface area (Å²) < 4.78 is 4.97. The minimum atomic E-state index is -0.255. The molecule has 3 rings (SSSR count). The fourth-order valence-electron chi connectivity index (χ4n) is 2.81. The van der Waals surface area contributed by atoms with Crippen LogP contribution in [-0.2, 0) is 4.79 Å². The SMILES string of the molecule is Cc1cc(C(=O)NC2CCN(C(=O)/C=C/c3ccccc3)CC2)on1. The number of aromatic nitrogens is 1. The minimum absolute atomic E-state index is 0.000473. The first-order chi connectivity index (χ1) is 12.1. The molecule has 6 heteroatoms. The Kier molecular flexibility index (Phi) is 5.28. The van der Waals surface area contributed by atoms with Crippen molar-refractivity contribution >= 4 is 17.9 Å². The lowest BCUT2D eigenvalue weighted by Gasteiger charge is -2.31. The first kappa shape index (κ1) is 17.0. The number of likely N-dealkylation sites (tertiary alicyclic amines) is 1. The second kappa shape index (κ2) is 7.79. The van der Waals surface area contributed by atoms with Gasteiger partial charge in [0.05, 0.1) is 5.69 Å². The summed E-state index contributed by atoms with van der Waals surface area (Å²) in [5.74, 6) is -0.0318. The molecule has 1 aromatic heterocycles. The summed E-state index contributed by atoms with van der Waals surface area (Å²) in [5, 5.41) is 6.65. The number of carbonyl (C=O) groups excluding carboxylic acids is 2. The van der Waals surface area contributed by atoms with E-state index in [0.717, 1.165) is 18.4 Å². The first-order valence-electron chi connectivity index (χ1n) is 8.38. The molecular formula is C19H21N3O3. The highest BCUT2D eigenvalue weighted by Gasteiger charge is 2.24. The van der Waals surface area contributed by atoms with Gasteiger partial charge in [-0.1, -0.05) is 35.5 Å². The molecule has 1 saturated heterocycles. The maximum Gasteiger partial charge on any atom is 0.290 e. The fraction of sp³-hybridized carbons (Fsp3) is 0.316. The minimum Gasteiger partial charge on any atom is -0.351 e. The van der Waals surface area contributed by atoms with Crippen LogP contribution in [0.3, 0.4) is 0 Å². The van der Waals surface area contributed by atoms with Crippen molar-refractivity contribution in [2.45, 2.75) is 25.8 Å². The van der Waals surface area contributed by atoms with Crippen LogP contribution in [0.2, 0.25) is 0 Å². The lowest BCUT2D eigenvalue weighted by atomic mass is 10.0. The van der Waals surface area contributed by atoms with Crippen molar-refractivity contribution in [1.29, 1.82) is 0 Å². The molecule has 2 heterocycles. The molecule has 6 nitrogen and oxygen atoms in total. The highest BCUT2D eigenvalue weighted by molar-refractivity contribution is 5.92. The van der Waals surface area contributed by atoms with Gasteiger partial charge in [0.25, 0.3) is 5.91 Å². The maximum atomic E-state index is 12.3. The smallest absolute Gasteiger partial charge is 0.290 e. The van der Waals surface area contributed by atoms with Gasteiger partial charge < -0.3 is 14.7 Å². The van der Waals surface area contributed by atoms with Crippen molar-refractivity contribution in [3.05, 3.63) is 59.5 Å². The van der Waals surface area contributed by atoms with Crippen LogP contribution in [0.15, 0.2) is 47.0 Å². The number of hydrogen-bond acceptors (Lipinski definition) is 4. The third-order valence-corrected chi connectivity index (χ3v) is 4.21. The Hall–Kier alpha value is -2.89. The van der Waals surface area contributed by atoms with Crippen LogP contribution in [0, 0.1) is 6.92 Å². The van der Waals surface area contributed by atoms with Crippen LogP contribution in [0.25, 0.3) is 6.08 Å². The van der Waals surface area contributed by atoms with Crippen LogP contribution in [0.1, 0.15) is 34.7 Å². The number of benzene rings is 1. The number of hydrogen-bond donors (Lipinski definition) is 1. The lowest BCUT2D eigenvalue weighted by Crippen LogP contribution is -2.46. The predicted octanol–water partition coefficient (Wildman–Crippen LogP) is 2.42. The number of piperidine rings is 1. The number of rotatable bonds is 4. The summed E-state index contributed by atoms with van der Waals surface area (Å²) >= 11 is 0. The van der Waals surface area contributed by atoms with E-state index in [4.69, 9.17) is 4.52 Å². The van der Waals surface area contributed by atoms with Crippen LogP contribution in [-0.4, -0.2) is 41.0 Å². The van der Waals surface area contributed by atoms with Crippen LogP contribution in [0.5, 0.6) is 0 Å². The van der Waals surface area contributed by atoms with Gasteiger partial charge in [-0.05, 0) is 31.4 Å². The zero-order chi connectivity index (χ0) is 17.6. The summed E-state index contributed by atoms with van der Waals surface area (Å²) in [6, 6.07) is 11.4. The molecule has 25 heavy (non-hydrogen) atoms. The average Bonchev–Trinajstić information content (AvgIpc) is 3.08. The molecule has 0 radical (unpaired) electrons. The Labute approximate surface area is 146 Å². The second-order valence-corrected chi connectivity index (χ2v) is 6.15. The van der Waals surface area contributed by atoms with Crippen molar-refractivity contribution in [3.8, 4) is 0 Å². The van der Waals surface area contributed by atoms with E-state index in [1.54, 1.807) is 24.0 Å². The Balaban J connectivity index is 1.47. The van der Waals surface area contributed by atoms with Gasteiger partial charge in [0.15, 0.2) is 0 Å². The van der Waals surface area contributed by atoms with E-state index < -0.39 is 0 Å². The Morgan fingerprint density at radius 2 is 1.96 bits per heavy atom. The number of nitrogens with zero attached hydrogens (tertiary/aromatic N) is 2. The largest absolute Gasteiger partial charge is 0.351 e. The van der Waals surface area contributed by atoms with E-state index in [1.807, 2.05) is 36.4 Å². The molecule has 1 aromatic carbocycles. The summed E-state index contributed by atoms with van der Waals surface area (Å²) in [6.07, 6.45) is 4.88. The van der Waals surface area contributed by atoms with Gasteiger partial charge >= 0.3 is 0 Å². The highest BCUT2D eigenvalue weighted by Crippen LogP contribution is 2.13. The number of amides is 2. The summed E-state index contributed by atoms with van der Waals surface area (Å²) in [6.45, 7) is 3.02. The molecule has 0 spiro atoms. The molecule has 1 aliphatic heterocycles. The quantitative estimate of drug-likeness (QED) is 0.868. The Morgan fingerprint density at radius 3 is 2.60 bits per heavy atom. The molecule has 0 aliphatic carbocycles. The second-order valence-electron chi connectivity index (χ2n) is 6.15.